The van der Waals surface area contributed by atoms with Crippen molar-refractivity contribution in [3.63, 3.8) is 0 Å². The SMILES string of the molecule is CN(c1ncnc2c1cnn2C)C(C)(C)CN. The number of likely N-dealkylation sites (N-methyl/N-ethyl adjacent to an activating group) is 1. The lowest BCUT2D eigenvalue weighted by Gasteiger charge is -2.35. The first-order valence-electron chi connectivity index (χ1n) is 5.54. The van der Waals surface area contributed by atoms with Gasteiger partial charge in [0.1, 0.15) is 12.1 Å². The zero-order chi connectivity index (χ0) is 12.6. The summed E-state index contributed by atoms with van der Waals surface area (Å²) in [4.78, 5) is 10.6. The summed E-state index contributed by atoms with van der Waals surface area (Å²) in [6.45, 7) is 4.71. The summed E-state index contributed by atoms with van der Waals surface area (Å²) >= 11 is 0. The summed E-state index contributed by atoms with van der Waals surface area (Å²) in [5.41, 5.74) is 6.46. The summed E-state index contributed by atoms with van der Waals surface area (Å²) < 4.78 is 1.74. The molecule has 0 saturated heterocycles. The molecule has 17 heavy (non-hydrogen) atoms. The van der Waals surface area contributed by atoms with Crippen LogP contribution in [0.15, 0.2) is 12.5 Å². The highest BCUT2D eigenvalue weighted by molar-refractivity contribution is 5.86. The molecule has 2 N–H and O–H groups in total. The van der Waals surface area contributed by atoms with E-state index in [0.29, 0.717) is 6.54 Å². The van der Waals surface area contributed by atoms with Crippen LogP contribution in [0.25, 0.3) is 11.0 Å². The molecular weight excluding hydrogens is 216 g/mol. The Morgan fingerprint density at radius 1 is 1.41 bits per heavy atom. The molecule has 92 valence electrons. The second-order valence-electron chi connectivity index (χ2n) is 4.78. The van der Waals surface area contributed by atoms with E-state index in [-0.39, 0.29) is 5.54 Å². The maximum atomic E-state index is 5.79. The molecule has 0 atom stereocenters. The van der Waals surface area contributed by atoms with E-state index in [1.54, 1.807) is 17.2 Å². The molecule has 0 aromatic carbocycles. The van der Waals surface area contributed by atoms with Gasteiger partial charge in [-0.3, -0.25) is 4.68 Å². The molecule has 0 aliphatic carbocycles. The van der Waals surface area contributed by atoms with Gasteiger partial charge in [0.25, 0.3) is 0 Å². The van der Waals surface area contributed by atoms with E-state index in [9.17, 15) is 0 Å². The van der Waals surface area contributed by atoms with Crippen LogP contribution in [-0.2, 0) is 7.05 Å². The lowest BCUT2D eigenvalue weighted by Crippen LogP contribution is -2.47. The molecule has 6 heteroatoms. The summed E-state index contributed by atoms with van der Waals surface area (Å²) in [6, 6.07) is 0. The van der Waals surface area contributed by atoms with Crippen molar-refractivity contribution in [3.8, 4) is 0 Å². The van der Waals surface area contributed by atoms with Gasteiger partial charge in [-0.05, 0) is 13.8 Å². The molecule has 2 aromatic heterocycles. The molecular formula is C11H18N6. The minimum atomic E-state index is -0.156. The smallest absolute Gasteiger partial charge is 0.163 e. The van der Waals surface area contributed by atoms with E-state index >= 15 is 0 Å². The molecule has 0 aliphatic rings. The minimum Gasteiger partial charge on any atom is -0.353 e. The molecule has 0 spiro atoms. The van der Waals surface area contributed by atoms with Gasteiger partial charge in [-0.1, -0.05) is 0 Å². The number of nitrogens with two attached hydrogens (primary N) is 1. The fraction of sp³-hybridized carbons (Fsp3) is 0.545. The minimum absolute atomic E-state index is 0.156. The van der Waals surface area contributed by atoms with Gasteiger partial charge in [0.2, 0.25) is 0 Å². The average Bonchev–Trinajstić information content (AvgIpc) is 2.70. The number of nitrogens with zero attached hydrogens (tertiary/aromatic N) is 5. The summed E-state index contributed by atoms with van der Waals surface area (Å²) in [6.07, 6.45) is 3.34. The monoisotopic (exact) mass is 234 g/mol. The number of fused-ring (bicyclic) bond motifs is 1. The van der Waals surface area contributed by atoms with E-state index in [2.05, 4.69) is 33.8 Å². The number of hydrogen-bond donors (Lipinski definition) is 1. The van der Waals surface area contributed by atoms with Crippen molar-refractivity contribution in [2.45, 2.75) is 19.4 Å². The van der Waals surface area contributed by atoms with Gasteiger partial charge < -0.3 is 10.6 Å². The Bertz CT molecular complexity index is 530. The number of aryl methyl sites for hydroxylation is 1. The van der Waals surface area contributed by atoms with E-state index < -0.39 is 0 Å². The Morgan fingerprint density at radius 2 is 2.12 bits per heavy atom. The molecule has 0 bridgehead atoms. The Morgan fingerprint density at radius 3 is 2.76 bits per heavy atom. The van der Waals surface area contributed by atoms with Crippen molar-refractivity contribution in [3.05, 3.63) is 12.5 Å². The van der Waals surface area contributed by atoms with Crippen LogP contribution in [0.2, 0.25) is 0 Å². The third-order valence-electron chi connectivity index (χ3n) is 3.23. The fourth-order valence-electron chi connectivity index (χ4n) is 1.64. The van der Waals surface area contributed by atoms with Gasteiger partial charge in [-0.15, -0.1) is 0 Å². The van der Waals surface area contributed by atoms with E-state index in [1.807, 2.05) is 14.1 Å². The first-order valence-corrected chi connectivity index (χ1v) is 5.54. The highest BCUT2D eigenvalue weighted by Gasteiger charge is 2.25. The molecule has 2 aromatic rings. The first-order chi connectivity index (χ1) is 7.97. The molecule has 0 unspecified atom stereocenters. The van der Waals surface area contributed by atoms with Crippen molar-refractivity contribution < 1.29 is 0 Å². The highest BCUT2D eigenvalue weighted by atomic mass is 15.3. The highest BCUT2D eigenvalue weighted by Crippen LogP contribution is 2.26. The molecule has 0 amide bonds. The number of rotatable bonds is 3. The van der Waals surface area contributed by atoms with Gasteiger partial charge in [0.15, 0.2) is 5.65 Å². The predicted molar refractivity (Wildman–Crippen MR) is 67.8 cm³/mol. The maximum Gasteiger partial charge on any atom is 0.163 e. The van der Waals surface area contributed by atoms with Gasteiger partial charge in [0, 0.05) is 26.2 Å². The molecule has 0 fully saturated rings. The van der Waals surface area contributed by atoms with E-state index in [4.69, 9.17) is 5.73 Å². The molecule has 0 saturated carbocycles. The average molecular weight is 234 g/mol. The quantitative estimate of drug-likeness (QED) is 0.839. The van der Waals surface area contributed by atoms with Crippen LogP contribution in [0.3, 0.4) is 0 Å². The molecule has 6 nitrogen and oxygen atoms in total. The fourth-order valence-corrected chi connectivity index (χ4v) is 1.64. The second kappa shape index (κ2) is 3.96. The van der Waals surface area contributed by atoms with E-state index in [1.165, 1.54) is 0 Å². The van der Waals surface area contributed by atoms with Crippen LogP contribution in [-0.4, -0.2) is 38.9 Å². The van der Waals surface area contributed by atoms with Crippen molar-refractivity contribution in [2.75, 3.05) is 18.5 Å². The van der Waals surface area contributed by atoms with E-state index in [0.717, 1.165) is 16.9 Å². The van der Waals surface area contributed by atoms with Crippen LogP contribution < -0.4 is 10.6 Å². The Hall–Kier alpha value is -1.69. The van der Waals surface area contributed by atoms with Gasteiger partial charge in [-0.25, -0.2) is 9.97 Å². The standard InChI is InChI=1S/C11H18N6/c1-11(2,6-12)16(3)9-8-5-15-17(4)10(8)14-7-13-9/h5,7H,6,12H2,1-4H3. The maximum absolute atomic E-state index is 5.79. The summed E-state index contributed by atoms with van der Waals surface area (Å²) in [5, 5.41) is 5.15. The third kappa shape index (κ3) is 1.84. The Kier molecular flexibility index (Phi) is 2.74. The summed E-state index contributed by atoms with van der Waals surface area (Å²) in [5.74, 6) is 0.860. The zero-order valence-corrected chi connectivity index (χ0v) is 10.7. The predicted octanol–water partition coefficient (Wildman–Crippen LogP) is 0.537. The lowest BCUT2D eigenvalue weighted by atomic mass is 10.0. The normalized spacial score (nSPS) is 12.1. The van der Waals surface area contributed by atoms with Gasteiger partial charge in [-0.2, -0.15) is 5.10 Å². The van der Waals surface area contributed by atoms with Gasteiger partial charge >= 0.3 is 0 Å². The van der Waals surface area contributed by atoms with Gasteiger partial charge in [0.05, 0.1) is 11.6 Å². The van der Waals surface area contributed by atoms with Crippen LogP contribution in [0.5, 0.6) is 0 Å². The van der Waals surface area contributed by atoms with Crippen molar-refractivity contribution in [1.82, 2.24) is 19.7 Å². The Balaban J connectivity index is 2.56. The third-order valence-corrected chi connectivity index (χ3v) is 3.23. The number of hydrogen-bond acceptors (Lipinski definition) is 5. The van der Waals surface area contributed by atoms with Crippen molar-refractivity contribution >= 4 is 16.9 Å². The zero-order valence-electron chi connectivity index (χ0n) is 10.7. The number of aromatic nitrogens is 4. The molecule has 0 radical (unpaired) electrons. The topological polar surface area (TPSA) is 72.9 Å². The van der Waals surface area contributed by atoms with Crippen molar-refractivity contribution in [2.24, 2.45) is 12.8 Å². The van der Waals surface area contributed by atoms with Crippen LogP contribution in [0.4, 0.5) is 5.82 Å². The van der Waals surface area contributed by atoms with Crippen LogP contribution in [0, 0.1) is 0 Å². The lowest BCUT2D eigenvalue weighted by molar-refractivity contribution is 0.496. The summed E-state index contributed by atoms with van der Waals surface area (Å²) in [7, 11) is 3.86. The number of anilines is 1. The van der Waals surface area contributed by atoms with Crippen LogP contribution in [0.1, 0.15) is 13.8 Å². The Labute approximate surface area is 100 Å². The van der Waals surface area contributed by atoms with Crippen molar-refractivity contribution in [1.29, 1.82) is 0 Å². The molecule has 2 rings (SSSR count). The largest absolute Gasteiger partial charge is 0.353 e. The molecule has 0 aliphatic heterocycles. The molecule has 2 heterocycles. The second-order valence-corrected chi connectivity index (χ2v) is 4.78. The van der Waals surface area contributed by atoms with Crippen LogP contribution >= 0.6 is 0 Å². The first kappa shape index (κ1) is 11.8.